The molecule has 2 rings (SSSR count). The summed E-state index contributed by atoms with van der Waals surface area (Å²) in [6.07, 6.45) is 0.0300. The molecule has 1 amide bonds. The Labute approximate surface area is 125 Å². The Morgan fingerprint density at radius 2 is 2.38 bits per heavy atom. The first-order valence-electron chi connectivity index (χ1n) is 7.19. The fourth-order valence-corrected chi connectivity index (χ4v) is 2.39. The second-order valence-corrected chi connectivity index (χ2v) is 5.06. The van der Waals surface area contributed by atoms with Gasteiger partial charge < -0.3 is 20.5 Å². The number of methoxy groups -OCH3 is 1. The van der Waals surface area contributed by atoms with Crippen LogP contribution in [-0.4, -0.2) is 56.8 Å². The summed E-state index contributed by atoms with van der Waals surface area (Å²) >= 11 is 0. The number of benzene rings is 1. The Kier molecular flexibility index (Phi) is 5.41. The van der Waals surface area contributed by atoms with Crippen molar-refractivity contribution in [3.63, 3.8) is 0 Å². The highest BCUT2D eigenvalue weighted by atomic mass is 16.5. The third-order valence-corrected chi connectivity index (χ3v) is 3.63. The molecule has 6 heteroatoms. The number of nitrogens with two attached hydrogens (primary N) is 1. The number of nitrogens with one attached hydrogen (secondary N) is 1. The number of rotatable bonds is 5. The van der Waals surface area contributed by atoms with Gasteiger partial charge in [-0.3, -0.25) is 9.69 Å². The number of hydrogen-bond donors (Lipinski definition) is 2. The number of morpholine rings is 1. The third kappa shape index (κ3) is 4.09. The molecular weight excluding hydrogens is 270 g/mol. The lowest BCUT2D eigenvalue weighted by Gasteiger charge is -2.32. The molecule has 0 bridgehead atoms. The van der Waals surface area contributed by atoms with Crippen LogP contribution in [0.5, 0.6) is 5.75 Å². The summed E-state index contributed by atoms with van der Waals surface area (Å²) < 4.78 is 10.9. The van der Waals surface area contributed by atoms with Gasteiger partial charge in [-0.1, -0.05) is 6.92 Å². The van der Waals surface area contributed by atoms with Crippen molar-refractivity contribution in [2.45, 2.75) is 13.0 Å². The van der Waals surface area contributed by atoms with E-state index in [4.69, 9.17) is 15.2 Å². The van der Waals surface area contributed by atoms with E-state index >= 15 is 0 Å². The van der Waals surface area contributed by atoms with Gasteiger partial charge in [0.2, 0.25) is 0 Å². The van der Waals surface area contributed by atoms with Gasteiger partial charge in [0.15, 0.2) is 0 Å². The predicted octanol–water partition coefficient (Wildman–Crippen LogP) is 0.728. The second-order valence-electron chi connectivity index (χ2n) is 5.06. The maximum Gasteiger partial charge on any atom is 0.255 e. The zero-order chi connectivity index (χ0) is 15.2. The molecule has 0 radical (unpaired) electrons. The number of carbonyl (C=O) groups excluding carboxylic acids is 1. The van der Waals surface area contributed by atoms with Gasteiger partial charge in [-0.2, -0.15) is 0 Å². The molecule has 1 aromatic carbocycles. The van der Waals surface area contributed by atoms with Crippen LogP contribution in [0.15, 0.2) is 18.2 Å². The Balaban J connectivity index is 1.92. The minimum atomic E-state index is -0.177. The van der Waals surface area contributed by atoms with Crippen molar-refractivity contribution in [1.82, 2.24) is 10.2 Å². The van der Waals surface area contributed by atoms with Gasteiger partial charge in [-0.05, 0) is 18.7 Å². The van der Waals surface area contributed by atoms with Crippen LogP contribution in [-0.2, 0) is 4.74 Å². The number of ether oxygens (including phenoxy) is 2. The Bertz CT molecular complexity index is 493. The van der Waals surface area contributed by atoms with Crippen LogP contribution in [0.1, 0.15) is 17.3 Å². The molecular formula is C15H23N3O3. The van der Waals surface area contributed by atoms with Gasteiger partial charge >= 0.3 is 0 Å². The monoisotopic (exact) mass is 293 g/mol. The third-order valence-electron chi connectivity index (χ3n) is 3.63. The van der Waals surface area contributed by atoms with Gasteiger partial charge in [0.1, 0.15) is 5.75 Å². The van der Waals surface area contributed by atoms with E-state index in [1.807, 2.05) is 0 Å². The van der Waals surface area contributed by atoms with E-state index in [0.29, 0.717) is 30.2 Å². The van der Waals surface area contributed by atoms with Crippen LogP contribution >= 0.6 is 0 Å². The first-order chi connectivity index (χ1) is 10.1. The molecule has 116 valence electrons. The molecule has 0 aromatic heterocycles. The Hall–Kier alpha value is -1.79. The van der Waals surface area contributed by atoms with Crippen molar-refractivity contribution in [3.05, 3.63) is 23.8 Å². The summed E-state index contributed by atoms with van der Waals surface area (Å²) in [7, 11) is 1.52. The summed E-state index contributed by atoms with van der Waals surface area (Å²) in [5.41, 5.74) is 6.74. The second kappa shape index (κ2) is 7.28. The standard InChI is InChI=1S/C15H23N3O3/c1-3-18-6-7-21-12(10-18)9-17-15(19)13-5-4-11(16)8-14(13)20-2/h4-5,8,12H,3,6-7,9-10,16H2,1-2H3,(H,17,19). The van der Waals surface area contributed by atoms with Crippen molar-refractivity contribution >= 4 is 11.6 Å². The number of anilines is 1. The van der Waals surface area contributed by atoms with Gasteiger partial charge in [0, 0.05) is 31.4 Å². The van der Waals surface area contributed by atoms with Crippen molar-refractivity contribution in [1.29, 1.82) is 0 Å². The fourth-order valence-electron chi connectivity index (χ4n) is 2.39. The van der Waals surface area contributed by atoms with Gasteiger partial charge in [-0.25, -0.2) is 0 Å². The molecule has 3 N–H and O–H groups in total. The minimum absolute atomic E-state index is 0.0300. The van der Waals surface area contributed by atoms with E-state index in [-0.39, 0.29) is 12.0 Å². The molecule has 1 aliphatic rings. The largest absolute Gasteiger partial charge is 0.496 e. The maximum absolute atomic E-state index is 12.2. The molecule has 1 aliphatic heterocycles. The summed E-state index contributed by atoms with van der Waals surface area (Å²) in [5.74, 6) is 0.302. The average Bonchev–Trinajstić information content (AvgIpc) is 2.52. The lowest BCUT2D eigenvalue weighted by molar-refractivity contribution is -0.0246. The summed E-state index contributed by atoms with van der Waals surface area (Å²) in [6.45, 7) is 6.12. The first kappa shape index (κ1) is 15.6. The number of nitrogen functional groups attached to an aromatic ring is 1. The topological polar surface area (TPSA) is 76.8 Å². The fraction of sp³-hybridized carbons (Fsp3) is 0.533. The lowest BCUT2D eigenvalue weighted by Crippen LogP contribution is -2.47. The lowest BCUT2D eigenvalue weighted by atomic mass is 10.1. The molecule has 1 aromatic rings. The van der Waals surface area contributed by atoms with Crippen molar-refractivity contribution in [2.75, 3.05) is 45.6 Å². The molecule has 21 heavy (non-hydrogen) atoms. The first-order valence-corrected chi connectivity index (χ1v) is 7.19. The smallest absolute Gasteiger partial charge is 0.255 e. The van der Waals surface area contributed by atoms with E-state index < -0.39 is 0 Å². The summed E-state index contributed by atoms with van der Waals surface area (Å²) in [4.78, 5) is 14.5. The van der Waals surface area contributed by atoms with Gasteiger partial charge in [0.25, 0.3) is 5.91 Å². The maximum atomic E-state index is 12.2. The summed E-state index contributed by atoms with van der Waals surface area (Å²) in [6, 6.07) is 5.00. The van der Waals surface area contributed by atoms with Crippen LogP contribution in [0.25, 0.3) is 0 Å². The van der Waals surface area contributed by atoms with E-state index in [1.165, 1.54) is 7.11 Å². The van der Waals surface area contributed by atoms with Crippen LogP contribution in [0.4, 0.5) is 5.69 Å². The van der Waals surface area contributed by atoms with E-state index in [0.717, 1.165) is 19.6 Å². The molecule has 1 unspecified atom stereocenters. The molecule has 0 aliphatic carbocycles. The van der Waals surface area contributed by atoms with Crippen molar-refractivity contribution < 1.29 is 14.3 Å². The van der Waals surface area contributed by atoms with Gasteiger partial charge in [0.05, 0.1) is 25.4 Å². The highest BCUT2D eigenvalue weighted by molar-refractivity contribution is 5.97. The number of carbonyl (C=O) groups is 1. The number of likely N-dealkylation sites (N-methyl/N-ethyl adjacent to an activating group) is 1. The van der Waals surface area contributed by atoms with Crippen LogP contribution in [0, 0.1) is 0 Å². The average molecular weight is 293 g/mol. The Morgan fingerprint density at radius 3 is 3.10 bits per heavy atom. The zero-order valence-corrected chi connectivity index (χ0v) is 12.6. The van der Waals surface area contributed by atoms with Crippen molar-refractivity contribution in [2.24, 2.45) is 0 Å². The van der Waals surface area contributed by atoms with E-state index in [1.54, 1.807) is 18.2 Å². The number of hydrogen-bond acceptors (Lipinski definition) is 5. The SMILES string of the molecule is CCN1CCOC(CNC(=O)c2ccc(N)cc2OC)C1. The van der Waals surface area contributed by atoms with E-state index in [2.05, 4.69) is 17.1 Å². The normalized spacial score (nSPS) is 19.2. The van der Waals surface area contributed by atoms with Gasteiger partial charge in [-0.15, -0.1) is 0 Å². The molecule has 0 saturated carbocycles. The quantitative estimate of drug-likeness (QED) is 0.783. The number of amides is 1. The molecule has 1 saturated heterocycles. The van der Waals surface area contributed by atoms with E-state index in [9.17, 15) is 4.79 Å². The molecule has 0 spiro atoms. The van der Waals surface area contributed by atoms with Crippen LogP contribution < -0.4 is 15.8 Å². The number of nitrogens with zero attached hydrogens (tertiary/aromatic N) is 1. The zero-order valence-electron chi connectivity index (χ0n) is 12.6. The van der Waals surface area contributed by atoms with Crippen LogP contribution in [0.3, 0.4) is 0 Å². The molecule has 6 nitrogen and oxygen atoms in total. The predicted molar refractivity (Wildman–Crippen MR) is 81.6 cm³/mol. The Morgan fingerprint density at radius 1 is 1.57 bits per heavy atom. The molecule has 1 heterocycles. The summed E-state index contributed by atoms with van der Waals surface area (Å²) in [5, 5.41) is 2.90. The van der Waals surface area contributed by atoms with Crippen molar-refractivity contribution in [3.8, 4) is 5.75 Å². The molecule has 1 atom stereocenters. The highest BCUT2D eigenvalue weighted by Crippen LogP contribution is 2.21. The molecule has 1 fully saturated rings. The highest BCUT2D eigenvalue weighted by Gasteiger charge is 2.20. The van der Waals surface area contributed by atoms with Crippen LogP contribution in [0.2, 0.25) is 0 Å². The minimum Gasteiger partial charge on any atom is -0.496 e.